The van der Waals surface area contributed by atoms with E-state index in [0.717, 1.165) is 0 Å². The molecule has 1 unspecified atom stereocenters. The number of hydrogen-bond acceptors (Lipinski definition) is 7. The number of fused-ring (bicyclic) bond motifs is 3. The van der Waals surface area contributed by atoms with Gasteiger partial charge in [0.25, 0.3) is 5.91 Å². The second-order valence-electron chi connectivity index (χ2n) is 10.1. The first-order chi connectivity index (χ1) is 20.0. The molecule has 3 aliphatic rings. The molecule has 2 saturated heterocycles. The predicted molar refractivity (Wildman–Crippen MR) is 152 cm³/mol. The van der Waals surface area contributed by atoms with Crippen molar-refractivity contribution >= 4 is 45.4 Å². The second-order valence-corrected chi connectivity index (χ2v) is 12.0. The molecule has 5 rings (SSSR count). The van der Waals surface area contributed by atoms with E-state index < -0.39 is 58.9 Å². The molecule has 224 valence electrons. The lowest BCUT2D eigenvalue weighted by Gasteiger charge is -2.49. The number of carboxylic acids is 1. The van der Waals surface area contributed by atoms with Crippen LogP contribution in [0.25, 0.3) is 0 Å². The van der Waals surface area contributed by atoms with Gasteiger partial charge in [-0.2, -0.15) is 4.31 Å². The van der Waals surface area contributed by atoms with Crippen molar-refractivity contribution < 1.29 is 32.7 Å². The Morgan fingerprint density at radius 3 is 2.31 bits per heavy atom. The monoisotopic (exact) mass is 599 g/mol. The number of aliphatic imine (C=N–C) groups is 1. The summed E-state index contributed by atoms with van der Waals surface area (Å²) >= 11 is 0. The van der Waals surface area contributed by atoms with Crippen LogP contribution in [-0.4, -0.2) is 78.7 Å². The number of nitrogens with zero attached hydrogens (tertiary/aromatic N) is 2. The van der Waals surface area contributed by atoms with E-state index in [0.29, 0.717) is 31.4 Å². The van der Waals surface area contributed by atoms with Gasteiger partial charge in [0.15, 0.2) is 5.96 Å². The highest BCUT2D eigenvalue weighted by atomic mass is 32.2. The summed E-state index contributed by atoms with van der Waals surface area (Å²) in [5.41, 5.74) is 11.2. The molecule has 8 N–H and O–H groups in total. The quantitative estimate of drug-likeness (QED) is 0.146. The van der Waals surface area contributed by atoms with Crippen molar-refractivity contribution in [3.05, 3.63) is 60.2 Å². The molecule has 2 aromatic rings. The Kier molecular flexibility index (Phi) is 9.42. The lowest BCUT2D eigenvalue weighted by atomic mass is 9.76. The number of piperidine rings is 2. The molecule has 0 spiro atoms. The highest BCUT2D eigenvalue weighted by Crippen LogP contribution is 2.42. The molecular formula is C27H33N7O7S. The van der Waals surface area contributed by atoms with Crippen LogP contribution in [0.4, 0.5) is 5.69 Å². The Bertz CT molecular complexity index is 1470. The number of carbonyl (C=O) groups is 4. The van der Waals surface area contributed by atoms with E-state index >= 15 is 0 Å². The molecule has 15 heteroatoms. The minimum absolute atomic E-state index is 0.0578. The van der Waals surface area contributed by atoms with E-state index in [1.54, 1.807) is 30.3 Å². The van der Waals surface area contributed by atoms with Gasteiger partial charge in [0.1, 0.15) is 12.1 Å². The normalized spacial score (nSPS) is 20.6. The number of carboxylic acid groups (broad SMARTS) is 1. The van der Waals surface area contributed by atoms with E-state index in [-0.39, 0.29) is 28.4 Å². The zero-order valence-corrected chi connectivity index (χ0v) is 23.4. The van der Waals surface area contributed by atoms with Crippen molar-refractivity contribution in [1.82, 2.24) is 20.3 Å². The minimum Gasteiger partial charge on any atom is -0.480 e. The number of guanidine groups is 1. The Labute approximate surface area is 242 Å². The first kappa shape index (κ1) is 30.5. The number of hydrogen-bond donors (Lipinski definition) is 6. The third kappa shape index (κ3) is 7.03. The summed E-state index contributed by atoms with van der Waals surface area (Å²) in [7, 11) is -4.02. The van der Waals surface area contributed by atoms with Crippen molar-refractivity contribution in [2.45, 2.75) is 48.7 Å². The first-order valence-electron chi connectivity index (χ1n) is 13.3. The summed E-state index contributed by atoms with van der Waals surface area (Å²) in [5.74, 6) is -3.89. The van der Waals surface area contributed by atoms with Crippen molar-refractivity contribution in [3.63, 3.8) is 0 Å². The Morgan fingerprint density at radius 1 is 0.976 bits per heavy atom. The number of benzene rings is 2. The highest BCUT2D eigenvalue weighted by Gasteiger charge is 2.51. The van der Waals surface area contributed by atoms with Crippen molar-refractivity contribution in [2.24, 2.45) is 22.4 Å². The molecule has 3 amide bonds. The number of nitrogens with one attached hydrogen (secondary N) is 3. The van der Waals surface area contributed by atoms with Crippen LogP contribution < -0.4 is 27.4 Å². The number of nitrogens with two attached hydrogens (primary N) is 2. The predicted octanol–water partition coefficient (Wildman–Crippen LogP) is -0.361. The fourth-order valence-electron chi connectivity index (χ4n) is 5.36. The number of carbonyl (C=O) groups excluding carboxylic acids is 3. The molecule has 2 bridgehead atoms. The van der Waals surface area contributed by atoms with Crippen LogP contribution in [0, 0.1) is 5.92 Å². The molecule has 1 aliphatic carbocycles. The number of rotatable bonds is 11. The first-order valence-corrected chi connectivity index (χ1v) is 14.8. The second kappa shape index (κ2) is 13.0. The van der Waals surface area contributed by atoms with Crippen molar-refractivity contribution in [3.8, 4) is 0 Å². The molecule has 0 aromatic heterocycles. The van der Waals surface area contributed by atoms with Gasteiger partial charge in [-0.15, -0.1) is 0 Å². The standard InChI is InChI=1S/C27H33N7O7S/c28-27(29)32-18-6-4-5-17(13-18)24(36)31-15-22(35)30-14-21(26(38)39)33-25(37)23-16-9-11-19(12-10-16)34(23)42(40,41)20-7-2-1-3-8-20/h1-8,13,16,19,21,23H,9-12,14-15H2,(H,30,35)(H,31,36)(H,33,37)(H,38,39)(H4,28,29,32)/t16?,19?,21-,23?/m1/s1. The third-order valence-electron chi connectivity index (χ3n) is 7.30. The van der Waals surface area contributed by atoms with Crippen LogP contribution in [-0.2, 0) is 24.4 Å². The maximum atomic E-state index is 13.5. The summed E-state index contributed by atoms with van der Waals surface area (Å²) in [4.78, 5) is 54.1. The van der Waals surface area contributed by atoms with Crippen LogP contribution in [0.15, 0.2) is 64.5 Å². The number of aliphatic carboxylic acids is 1. The van der Waals surface area contributed by atoms with Gasteiger partial charge in [0.2, 0.25) is 21.8 Å². The summed E-state index contributed by atoms with van der Waals surface area (Å²) in [6, 6.07) is 10.9. The number of sulfonamides is 1. The average Bonchev–Trinajstić information content (AvgIpc) is 2.98. The molecule has 14 nitrogen and oxygen atoms in total. The van der Waals surface area contributed by atoms with E-state index in [9.17, 15) is 32.7 Å². The fraction of sp³-hybridized carbons (Fsp3) is 0.370. The summed E-state index contributed by atoms with van der Waals surface area (Å²) in [5, 5.41) is 16.9. The zero-order valence-electron chi connectivity index (χ0n) is 22.6. The molecule has 2 heterocycles. The largest absolute Gasteiger partial charge is 0.480 e. The Morgan fingerprint density at radius 2 is 1.67 bits per heavy atom. The zero-order chi connectivity index (χ0) is 30.4. The third-order valence-corrected chi connectivity index (χ3v) is 9.25. The van der Waals surface area contributed by atoms with Gasteiger partial charge in [-0.3, -0.25) is 14.4 Å². The Balaban J connectivity index is 1.37. The SMILES string of the molecule is NC(N)=Nc1cccc(C(=O)NCC(=O)NC[C@@H](NC(=O)C2C3CCC(CC3)N2S(=O)(=O)c2ccccc2)C(=O)O)c1. The highest BCUT2D eigenvalue weighted by molar-refractivity contribution is 7.89. The van der Waals surface area contributed by atoms with Gasteiger partial charge >= 0.3 is 5.97 Å². The lowest BCUT2D eigenvalue weighted by Crippen LogP contribution is -2.64. The van der Waals surface area contributed by atoms with E-state index in [1.807, 2.05) is 0 Å². The van der Waals surface area contributed by atoms with Gasteiger partial charge < -0.3 is 32.5 Å². The molecule has 1 saturated carbocycles. The molecule has 0 radical (unpaired) electrons. The van der Waals surface area contributed by atoms with Crippen LogP contribution in [0.2, 0.25) is 0 Å². The fourth-order valence-corrected chi connectivity index (χ4v) is 7.27. The van der Waals surface area contributed by atoms with E-state index in [1.165, 1.54) is 28.6 Å². The van der Waals surface area contributed by atoms with Crippen LogP contribution in [0.3, 0.4) is 0 Å². The van der Waals surface area contributed by atoms with Crippen LogP contribution in [0.1, 0.15) is 36.0 Å². The van der Waals surface area contributed by atoms with Crippen LogP contribution in [0.5, 0.6) is 0 Å². The molecule has 2 aliphatic heterocycles. The molecule has 42 heavy (non-hydrogen) atoms. The lowest BCUT2D eigenvalue weighted by molar-refractivity contribution is -0.143. The molecular weight excluding hydrogens is 566 g/mol. The Hall–Kier alpha value is -4.50. The molecule has 2 atom stereocenters. The maximum Gasteiger partial charge on any atom is 0.328 e. The number of amides is 3. The van der Waals surface area contributed by atoms with E-state index in [2.05, 4.69) is 20.9 Å². The van der Waals surface area contributed by atoms with Crippen molar-refractivity contribution in [2.75, 3.05) is 13.1 Å². The molecule has 3 fully saturated rings. The van der Waals surface area contributed by atoms with Crippen molar-refractivity contribution in [1.29, 1.82) is 0 Å². The smallest absolute Gasteiger partial charge is 0.328 e. The average molecular weight is 600 g/mol. The summed E-state index contributed by atoms with van der Waals surface area (Å²) in [6.07, 6.45) is 2.52. The summed E-state index contributed by atoms with van der Waals surface area (Å²) in [6.45, 7) is -0.955. The van der Waals surface area contributed by atoms with Crippen LogP contribution >= 0.6 is 0 Å². The summed E-state index contributed by atoms with van der Waals surface area (Å²) < 4.78 is 28.3. The van der Waals surface area contributed by atoms with Gasteiger partial charge in [0.05, 0.1) is 17.1 Å². The minimum atomic E-state index is -4.02. The topological polar surface area (TPSA) is 226 Å². The van der Waals surface area contributed by atoms with Gasteiger partial charge in [-0.25, -0.2) is 18.2 Å². The van der Waals surface area contributed by atoms with Gasteiger partial charge in [-0.05, 0) is 61.9 Å². The van der Waals surface area contributed by atoms with E-state index in [4.69, 9.17) is 11.5 Å². The van der Waals surface area contributed by atoms with Gasteiger partial charge in [0, 0.05) is 18.2 Å². The maximum absolute atomic E-state index is 13.5. The van der Waals surface area contributed by atoms with Gasteiger partial charge in [-0.1, -0.05) is 24.3 Å². The molecule has 2 aromatic carbocycles.